The summed E-state index contributed by atoms with van der Waals surface area (Å²) in [5.41, 5.74) is 2.41. The van der Waals surface area contributed by atoms with Crippen molar-refractivity contribution in [1.29, 1.82) is 0 Å². The molecule has 0 unspecified atom stereocenters. The second kappa shape index (κ2) is 10.3. The minimum absolute atomic E-state index is 0.0666. The first-order chi connectivity index (χ1) is 15.1. The topological polar surface area (TPSA) is 67.9 Å². The van der Waals surface area contributed by atoms with E-state index in [-0.39, 0.29) is 11.8 Å². The summed E-state index contributed by atoms with van der Waals surface area (Å²) in [4.78, 5) is 27.7. The maximum Gasteiger partial charge on any atom is 0.257 e. The molecule has 2 amide bonds. The Hall–Kier alpha value is -3.80. The molecule has 3 aromatic rings. The van der Waals surface area contributed by atoms with Gasteiger partial charge in [0, 0.05) is 12.5 Å². The largest absolute Gasteiger partial charge is 0.497 e. The Morgan fingerprint density at radius 2 is 1.61 bits per heavy atom. The number of hydrogen-bond acceptors (Lipinski definition) is 4. The van der Waals surface area contributed by atoms with Gasteiger partial charge in [0.15, 0.2) is 0 Å². The molecule has 0 saturated heterocycles. The Kier molecular flexibility index (Phi) is 7.27. The number of anilines is 2. The minimum atomic E-state index is -0.343. The number of para-hydroxylation sites is 1. The van der Waals surface area contributed by atoms with Gasteiger partial charge in [-0.2, -0.15) is 0 Å². The third kappa shape index (κ3) is 5.22. The van der Waals surface area contributed by atoms with Gasteiger partial charge in [0.25, 0.3) is 5.91 Å². The van der Waals surface area contributed by atoms with Crippen LogP contribution >= 0.6 is 0 Å². The quantitative estimate of drug-likeness (QED) is 0.565. The van der Waals surface area contributed by atoms with Crippen molar-refractivity contribution in [2.45, 2.75) is 19.9 Å². The first kappa shape index (κ1) is 21.9. The van der Waals surface area contributed by atoms with E-state index >= 15 is 0 Å². The number of rotatable bonds is 8. The molecule has 0 atom stereocenters. The van der Waals surface area contributed by atoms with E-state index in [0.717, 1.165) is 5.56 Å². The minimum Gasteiger partial charge on any atom is -0.497 e. The van der Waals surface area contributed by atoms with Gasteiger partial charge in [0.1, 0.15) is 11.5 Å². The number of carbonyl (C=O) groups excluding carboxylic acids is 2. The number of hydrogen-bond donors (Lipinski definition) is 1. The average molecular weight is 418 g/mol. The lowest BCUT2D eigenvalue weighted by atomic mass is 10.1. The van der Waals surface area contributed by atoms with Crippen LogP contribution in [0.1, 0.15) is 29.3 Å². The molecule has 0 saturated carbocycles. The van der Waals surface area contributed by atoms with Gasteiger partial charge in [-0.15, -0.1) is 0 Å². The van der Waals surface area contributed by atoms with Crippen molar-refractivity contribution < 1.29 is 19.1 Å². The normalized spacial score (nSPS) is 10.3. The van der Waals surface area contributed by atoms with E-state index in [9.17, 15) is 9.59 Å². The standard InChI is InChI=1S/C25H26N2O4/c1-4-24(28)27(17-18-10-6-5-7-11-18)22-13-9-8-12-20(22)25(29)26-21-16-19(30-2)14-15-23(21)31-3/h5-16H,4,17H2,1-3H3,(H,26,29). The van der Waals surface area contributed by atoms with Crippen molar-refractivity contribution in [2.24, 2.45) is 0 Å². The molecule has 1 N–H and O–H groups in total. The third-order valence-corrected chi connectivity index (χ3v) is 4.88. The van der Waals surface area contributed by atoms with E-state index < -0.39 is 0 Å². The van der Waals surface area contributed by atoms with E-state index in [2.05, 4.69) is 5.32 Å². The van der Waals surface area contributed by atoms with Crippen LogP contribution in [0.3, 0.4) is 0 Å². The van der Waals surface area contributed by atoms with Gasteiger partial charge < -0.3 is 19.7 Å². The van der Waals surface area contributed by atoms with Crippen LogP contribution in [0.25, 0.3) is 0 Å². The fourth-order valence-corrected chi connectivity index (χ4v) is 3.27. The van der Waals surface area contributed by atoms with Gasteiger partial charge >= 0.3 is 0 Å². The summed E-state index contributed by atoms with van der Waals surface area (Å²) in [7, 11) is 3.09. The van der Waals surface area contributed by atoms with Crippen LogP contribution in [-0.4, -0.2) is 26.0 Å². The highest BCUT2D eigenvalue weighted by molar-refractivity contribution is 6.11. The summed E-state index contributed by atoms with van der Waals surface area (Å²) in [6, 6.07) is 22.0. The highest BCUT2D eigenvalue weighted by Gasteiger charge is 2.22. The first-order valence-electron chi connectivity index (χ1n) is 10.0. The van der Waals surface area contributed by atoms with Crippen LogP contribution in [0.2, 0.25) is 0 Å². The molecule has 0 aromatic heterocycles. The van der Waals surface area contributed by atoms with E-state index in [4.69, 9.17) is 9.47 Å². The zero-order valence-corrected chi connectivity index (χ0v) is 17.9. The highest BCUT2D eigenvalue weighted by atomic mass is 16.5. The Labute approximate surface area is 182 Å². The molecule has 3 rings (SSSR count). The number of nitrogens with one attached hydrogen (secondary N) is 1. The molecule has 3 aromatic carbocycles. The molecule has 0 aliphatic rings. The molecule has 0 aliphatic heterocycles. The summed E-state index contributed by atoms with van der Waals surface area (Å²) in [5, 5.41) is 2.89. The SMILES string of the molecule is CCC(=O)N(Cc1ccccc1)c1ccccc1C(=O)Nc1cc(OC)ccc1OC. The second-order valence-corrected chi connectivity index (χ2v) is 6.86. The highest BCUT2D eigenvalue weighted by Crippen LogP contribution is 2.31. The number of benzene rings is 3. The summed E-state index contributed by atoms with van der Waals surface area (Å²) in [5.74, 6) is 0.695. The summed E-state index contributed by atoms with van der Waals surface area (Å²) >= 11 is 0. The summed E-state index contributed by atoms with van der Waals surface area (Å²) in [6.07, 6.45) is 0.326. The zero-order chi connectivity index (χ0) is 22.2. The molecular formula is C25H26N2O4. The number of carbonyl (C=O) groups is 2. The van der Waals surface area contributed by atoms with Gasteiger partial charge in [0.05, 0.1) is 37.7 Å². The van der Waals surface area contributed by atoms with Gasteiger partial charge in [0.2, 0.25) is 5.91 Å². The summed E-state index contributed by atoms with van der Waals surface area (Å²) in [6.45, 7) is 2.18. The van der Waals surface area contributed by atoms with Gasteiger partial charge in [-0.25, -0.2) is 0 Å². The lowest BCUT2D eigenvalue weighted by Crippen LogP contribution is -2.31. The molecule has 0 radical (unpaired) electrons. The molecular weight excluding hydrogens is 392 g/mol. The Morgan fingerprint density at radius 3 is 2.29 bits per heavy atom. The Balaban J connectivity index is 1.96. The van der Waals surface area contributed by atoms with Crippen molar-refractivity contribution in [3.05, 3.63) is 83.9 Å². The molecule has 0 spiro atoms. The Morgan fingerprint density at radius 1 is 0.903 bits per heavy atom. The number of ether oxygens (including phenoxy) is 2. The van der Waals surface area contributed by atoms with E-state index in [1.807, 2.05) is 43.3 Å². The van der Waals surface area contributed by atoms with Crippen molar-refractivity contribution in [3.63, 3.8) is 0 Å². The van der Waals surface area contributed by atoms with Crippen molar-refractivity contribution >= 4 is 23.2 Å². The van der Waals surface area contributed by atoms with Crippen LogP contribution in [0.5, 0.6) is 11.5 Å². The molecule has 31 heavy (non-hydrogen) atoms. The van der Waals surface area contributed by atoms with Gasteiger partial charge in [-0.3, -0.25) is 9.59 Å². The van der Waals surface area contributed by atoms with Crippen LogP contribution in [-0.2, 0) is 11.3 Å². The predicted molar refractivity (Wildman–Crippen MR) is 122 cm³/mol. The zero-order valence-electron chi connectivity index (χ0n) is 17.9. The molecule has 0 aliphatic carbocycles. The number of amides is 2. The molecule has 0 fully saturated rings. The predicted octanol–water partition coefficient (Wildman–Crippen LogP) is 4.90. The van der Waals surface area contributed by atoms with Crippen molar-refractivity contribution in [1.82, 2.24) is 0 Å². The molecule has 6 nitrogen and oxygen atoms in total. The average Bonchev–Trinajstić information content (AvgIpc) is 2.82. The molecule has 6 heteroatoms. The fourth-order valence-electron chi connectivity index (χ4n) is 3.27. The lowest BCUT2D eigenvalue weighted by Gasteiger charge is -2.25. The fraction of sp³-hybridized carbons (Fsp3) is 0.200. The van der Waals surface area contributed by atoms with E-state index in [0.29, 0.717) is 41.4 Å². The van der Waals surface area contributed by atoms with Crippen LogP contribution < -0.4 is 19.7 Å². The van der Waals surface area contributed by atoms with E-state index in [1.165, 1.54) is 7.11 Å². The molecule has 0 bridgehead atoms. The second-order valence-electron chi connectivity index (χ2n) is 6.86. The number of methoxy groups -OCH3 is 2. The molecule has 0 heterocycles. The monoisotopic (exact) mass is 418 g/mol. The van der Waals surface area contributed by atoms with Gasteiger partial charge in [-0.05, 0) is 29.8 Å². The lowest BCUT2D eigenvalue weighted by molar-refractivity contribution is -0.118. The van der Waals surface area contributed by atoms with Gasteiger partial charge in [-0.1, -0.05) is 49.4 Å². The maximum absolute atomic E-state index is 13.2. The third-order valence-electron chi connectivity index (χ3n) is 4.88. The van der Waals surface area contributed by atoms with Crippen molar-refractivity contribution in [3.8, 4) is 11.5 Å². The maximum atomic E-state index is 13.2. The van der Waals surface area contributed by atoms with Crippen LogP contribution in [0.15, 0.2) is 72.8 Å². The van der Waals surface area contributed by atoms with Crippen LogP contribution in [0.4, 0.5) is 11.4 Å². The first-order valence-corrected chi connectivity index (χ1v) is 10.0. The summed E-state index contributed by atoms with van der Waals surface area (Å²) < 4.78 is 10.6. The van der Waals surface area contributed by atoms with Crippen molar-refractivity contribution in [2.75, 3.05) is 24.4 Å². The van der Waals surface area contributed by atoms with Crippen LogP contribution in [0, 0.1) is 0 Å². The smallest absolute Gasteiger partial charge is 0.257 e. The number of nitrogens with zero attached hydrogens (tertiary/aromatic N) is 1. The Bertz CT molecular complexity index is 1050. The van der Waals surface area contributed by atoms with E-state index in [1.54, 1.807) is 48.4 Å². The molecule has 160 valence electrons.